The van der Waals surface area contributed by atoms with Gasteiger partial charge in [0.25, 0.3) is 0 Å². The molecule has 1 aliphatic heterocycles. The Morgan fingerprint density at radius 3 is 2.58 bits per heavy atom. The number of nitrogens with one attached hydrogen (secondary N) is 1. The summed E-state index contributed by atoms with van der Waals surface area (Å²) in [6, 6.07) is 6.83. The molecule has 0 radical (unpaired) electrons. The van der Waals surface area contributed by atoms with E-state index in [4.69, 9.17) is 11.6 Å². The van der Waals surface area contributed by atoms with Crippen molar-refractivity contribution in [3.05, 3.63) is 34.9 Å². The molecule has 5 nitrogen and oxygen atoms in total. The van der Waals surface area contributed by atoms with Gasteiger partial charge in [-0.25, -0.2) is 0 Å². The van der Waals surface area contributed by atoms with Gasteiger partial charge in [-0.1, -0.05) is 36.6 Å². The zero-order chi connectivity index (χ0) is 17.3. The Morgan fingerprint density at radius 2 is 1.96 bits per heavy atom. The number of aliphatic hydroxyl groups is 1. The van der Waals surface area contributed by atoms with Crippen LogP contribution in [0.2, 0.25) is 5.02 Å². The first-order chi connectivity index (χ1) is 11.4. The molecule has 130 valence electrons. The second-order valence-corrected chi connectivity index (χ2v) is 7.42. The number of rotatable bonds is 4. The van der Waals surface area contributed by atoms with Crippen LogP contribution < -0.4 is 5.32 Å². The Morgan fingerprint density at radius 1 is 1.33 bits per heavy atom. The van der Waals surface area contributed by atoms with Gasteiger partial charge in [0, 0.05) is 18.5 Å². The molecule has 0 unspecified atom stereocenters. The molecule has 24 heavy (non-hydrogen) atoms. The van der Waals surface area contributed by atoms with E-state index in [0.29, 0.717) is 17.9 Å². The molecular weight excluding hydrogens is 328 g/mol. The van der Waals surface area contributed by atoms with Gasteiger partial charge in [0.1, 0.15) is 0 Å². The summed E-state index contributed by atoms with van der Waals surface area (Å²) in [6.45, 7) is 0. The standard InChI is InChI=1S/C18H23ClN2O3/c1-21-16(23)10-14(17(21)12-4-6-13(19)7-5-12)20-15(22)11-18(24)8-2-3-9-18/h4-7,14,17,24H,2-3,8-11H2,1H3,(H,20,22)/t14-,17-/m1/s1. The van der Waals surface area contributed by atoms with Gasteiger partial charge >= 0.3 is 0 Å². The highest BCUT2D eigenvalue weighted by molar-refractivity contribution is 6.30. The van der Waals surface area contributed by atoms with E-state index in [1.54, 1.807) is 24.1 Å². The number of carbonyl (C=O) groups is 2. The summed E-state index contributed by atoms with van der Waals surface area (Å²) in [5.41, 5.74) is 0.0617. The number of amides is 2. The zero-order valence-electron chi connectivity index (χ0n) is 13.8. The van der Waals surface area contributed by atoms with Gasteiger partial charge in [0.2, 0.25) is 11.8 Å². The lowest BCUT2D eigenvalue weighted by Gasteiger charge is -2.27. The summed E-state index contributed by atoms with van der Waals surface area (Å²) in [4.78, 5) is 26.2. The molecule has 1 saturated carbocycles. The van der Waals surface area contributed by atoms with E-state index in [0.717, 1.165) is 18.4 Å². The molecule has 0 bridgehead atoms. The summed E-state index contributed by atoms with van der Waals surface area (Å²) < 4.78 is 0. The van der Waals surface area contributed by atoms with Crippen molar-refractivity contribution in [3.63, 3.8) is 0 Å². The number of likely N-dealkylation sites (tertiary alicyclic amines) is 1. The molecule has 1 aromatic rings. The monoisotopic (exact) mass is 350 g/mol. The first-order valence-corrected chi connectivity index (χ1v) is 8.79. The van der Waals surface area contributed by atoms with Crippen molar-refractivity contribution in [2.45, 2.75) is 56.2 Å². The normalized spacial score (nSPS) is 26.0. The van der Waals surface area contributed by atoms with E-state index in [2.05, 4.69) is 5.32 Å². The highest BCUT2D eigenvalue weighted by Gasteiger charge is 2.40. The minimum absolute atomic E-state index is 0.000159. The van der Waals surface area contributed by atoms with Gasteiger partial charge in [-0.2, -0.15) is 0 Å². The Balaban J connectivity index is 1.71. The number of likely N-dealkylation sites (N-methyl/N-ethyl adjacent to an activating group) is 1. The van der Waals surface area contributed by atoms with Crippen LogP contribution in [-0.4, -0.2) is 40.5 Å². The lowest BCUT2D eigenvalue weighted by atomic mass is 9.96. The predicted octanol–water partition coefficient (Wildman–Crippen LogP) is 2.42. The minimum Gasteiger partial charge on any atom is -0.389 e. The van der Waals surface area contributed by atoms with Gasteiger partial charge in [-0.15, -0.1) is 0 Å². The first-order valence-electron chi connectivity index (χ1n) is 8.41. The fourth-order valence-corrected chi connectivity index (χ4v) is 4.01. The van der Waals surface area contributed by atoms with Crippen LogP contribution in [0.4, 0.5) is 0 Å². The van der Waals surface area contributed by atoms with Crippen LogP contribution in [0, 0.1) is 0 Å². The molecule has 2 fully saturated rings. The first kappa shape index (κ1) is 17.2. The molecule has 6 heteroatoms. The molecule has 2 aliphatic rings. The summed E-state index contributed by atoms with van der Waals surface area (Å²) in [5, 5.41) is 14.0. The van der Waals surface area contributed by atoms with Crippen LogP contribution in [0.5, 0.6) is 0 Å². The molecule has 3 rings (SSSR count). The van der Waals surface area contributed by atoms with E-state index in [1.165, 1.54) is 0 Å². The Labute approximate surface area is 147 Å². The van der Waals surface area contributed by atoms with Crippen molar-refractivity contribution in [3.8, 4) is 0 Å². The maximum absolute atomic E-state index is 12.4. The highest BCUT2D eigenvalue weighted by Crippen LogP contribution is 2.34. The number of halogens is 1. The average molecular weight is 351 g/mol. The highest BCUT2D eigenvalue weighted by atomic mass is 35.5. The van der Waals surface area contributed by atoms with Gasteiger partial charge in [-0.05, 0) is 30.5 Å². The zero-order valence-corrected chi connectivity index (χ0v) is 14.6. The molecule has 1 heterocycles. The van der Waals surface area contributed by atoms with Crippen molar-refractivity contribution in [1.82, 2.24) is 10.2 Å². The third-order valence-electron chi connectivity index (χ3n) is 5.17. The molecule has 1 aliphatic carbocycles. The molecule has 1 saturated heterocycles. The number of hydrogen-bond acceptors (Lipinski definition) is 3. The van der Waals surface area contributed by atoms with Gasteiger partial charge in [-0.3, -0.25) is 9.59 Å². The Hall–Kier alpha value is -1.59. The Bertz CT molecular complexity index is 626. The fraction of sp³-hybridized carbons (Fsp3) is 0.556. The van der Waals surface area contributed by atoms with E-state index < -0.39 is 5.60 Å². The quantitative estimate of drug-likeness (QED) is 0.876. The molecular formula is C18H23ClN2O3. The Kier molecular flexibility index (Phi) is 4.83. The van der Waals surface area contributed by atoms with Gasteiger partial charge in [0.15, 0.2) is 0 Å². The van der Waals surface area contributed by atoms with Crippen LogP contribution in [0.3, 0.4) is 0 Å². The third-order valence-corrected chi connectivity index (χ3v) is 5.42. The lowest BCUT2D eigenvalue weighted by molar-refractivity contribution is -0.128. The average Bonchev–Trinajstić information content (AvgIpc) is 3.05. The number of nitrogens with zero attached hydrogens (tertiary/aromatic N) is 1. The van der Waals surface area contributed by atoms with Crippen LogP contribution >= 0.6 is 11.6 Å². The molecule has 1 aromatic carbocycles. The second-order valence-electron chi connectivity index (χ2n) is 6.99. The largest absolute Gasteiger partial charge is 0.389 e. The van der Waals surface area contributed by atoms with Crippen molar-refractivity contribution < 1.29 is 14.7 Å². The van der Waals surface area contributed by atoms with E-state index >= 15 is 0 Å². The maximum Gasteiger partial charge on any atom is 0.225 e. The van der Waals surface area contributed by atoms with Crippen molar-refractivity contribution >= 4 is 23.4 Å². The summed E-state index contributed by atoms with van der Waals surface area (Å²) in [6.07, 6.45) is 3.64. The number of benzene rings is 1. The van der Waals surface area contributed by atoms with Crippen LogP contribution in [-0.2, 0) is 9.59 Å². The smallest absolute Gasteiger partial charge is 0.225 e. The molecule has 2 N–H and O–H groups in total. The maximum atomic E-state index is 12.4. The summed E-state index contributed by atoms with van der Waals surface area (Å²) in [5.74, 6) is -0.189. The summed E-state index contributed by atoms with van der Waals surface area (Å²) in [7, 11) is 1.75. The van der Waals surface area contributed by atoms with Crippen LogP contribution in [0.15, 0.2) is 24.3 Å². The molecule has 0 aromatic heterocycles. The number of hydrogen-bond donors (Lipinski definition) is 2. The molecule has 2 amide bonds. The predicted molar refractivity (Wildman–Crippen MR) is 91.5 cm³/mol. The van der Waals surface area contributed by atoms with Gasteiger partial charge in [0.05, 0.1) is 24.1 Å². The van der Waals surface area contributed by atoms with Crippen molar-refractivity contribution in [1.29, 1.82) is 0 Å². The van der Waals surface area contributed by atoms with E-state index in [-0.39, 0.29) is 36.7 Å². The third kappa shape index (κ3) is 3.57. The second kappa shape index (κ2) is 6.73. The van der Waals surface area contributed by atoms with Crippen LogP contribution in [0.1, 0.15) is 50.1 Å². The summed E-state index contributed by atoms with van der Waals surface area (Å²) >= 11 is 5.94. The van der Waals surface area contributed by atoms with E-state index in [1.807, 2.05) is 12.1 Å². The topological polar surface area (TPSA) is 69.6 Å². The lowest BCUT2D eigenvalue weighted by Crippen LogP contribution is -2.42. The van der Waals surface area contributed by atoms with E-state index in [9.17, 15) is 14.7 Å². The van der Waals surface area contributed by atoms with Crippen molar-refractivity contribution in [2.24, 2.45) is 0 Å². The van der Waals surface area contributed by atoms with Gasteiger partial charge < -0.3 is 15.3 Å². The molecule has 0 spiro atoms. The van der Waals surface area contributed by atoms with Crippen LogP contribution in [0.25, 0.3) is 0 Å². The van der Waals surface area contributed by atoms with Crippen molar-refractivity contribution in [2.75, 3.05) is 7.05 Å². The number of carbonyl (C=O) groups excluding carboxylic acids is 2. The molecule has 2 atom stereocenters. The minimum atomic E-state index is -0.881. The fourth-order valence-electron chi connectivity index (χ4n) is 3.88. The SMILES string of the molecule is CN1C(=O)C[C@@H](NC(=O)CC2(O)CCCC2)[C@H]1c1ccc(Cl)cc1.